The van der Waals surface area contributed by atoms with Crippen LogP contribution in [-0.2, 0) is 29.6 Å². The summed E-state index contributed by atoms with van der Waals surface area (Å²) in [5.74, 6) is 0. The van der Waals surface area contributed by atoms with E-state index in [1.165, 1.54) is 21.9 Å². The summed E-state index contributed by atoms with van der Waals surface area (Å²) in [6, 6.07) is 43.5. The first-order valence-corrected chi connectivity index (χ1v) is 12.5. The molecule has 0 aliphatic heterocycles. The number of benzene rings is 4. The van der Waals surface area contributed by atoms with Gasteiger partial charge in [0.05, 0.1) is 0 Å². The first-order chi connectivity index (χ1) is 17.7. The van der Waals surface area contributed by atoms with Crippen LogP contribution in [0.1, 0.15) is 0 Å². The van der Waals surface area contributed by atoms with Crippen molar-refractivity contribution >= 4 is 38.1 Å². The van der Waals surface area contributed by atoms with Crippen LogP contribution in [0.2, 0.25) is 0 Å². The molecule has 0 atom stereocenters. The predicted octanol–water partition coefficient (Wildman–Crippen LogP) is 4.72. The van der Waals surface area contributed by atoms with Crippen LogP contribution in [0, 0.1) is 0 Å². The fourth-order valence-corrected chi connectivity index (χ4v) is 4.12. The molecule has 0 fully saturated rings. The van der Waals surface area contributed by atoms with Crippen LogP contribution in [0.3, 0.4) is 0 Å². The number of hydrogen-bond donors (Lipinski definition) is 0. The van der Waals surface area contributed by atoms with Gasteiger partial charge in [0.25, 0.3) is 0 Å². The third-order valence-corrected chi connectivity index (χ3v) is 6.05. The molecule has 38 heavy (non-hydrogen) atoms. The molecule has 201 valence electrons. The predicted molar refractivity (Wildman–Crippen MR) is 148 cm³/mol. The number of hydrogen-bond acceptors (Lipinski definition) is 3. The minimum absolute atomic E-state index is 0. The van der Waals surface area contributed by atoms with E-state index in [0.717, 1.165) is 0 Å². The molecule has 0 heterocycles. The second kappa shape index (κ2) is 16.6. The molecule has 0 saturated carbocycles. The van der Waals surface area contributed by atoms with E-state index in [9.17, 15) is 13.2 Å². The van der Waals surface area contributed by atoms with Gasteiger partial charge in [-0.1, -0.05) is 121 Å². The van der Waals surface area contributed by atoms with Crippen LogP contribution in [0.4, 0.5) is 13.2 Å². The molecule has 0 saturated heterocycles. The molecule has 4 aromatic carbocycles. The van der Waals surface area contributed by atoms with E-state index in [-0.39, 0.29) is 19.5 Å². The molecule has 3 nitrogen and oxygen atoms in total. The standard InChI is InChI=1S/C24H20B.2C2H4.CHF3O3S.Rh/c1-5-13-21(14-6-1)25(22-15-7-2-8-16-22,23-17-9-3-10-18-23)24-19-11-4-12-20-24;2*1-2;2-1(3,4)8(5,6)7;/h1-20H;2*1-2H2;(H,5,6,7);/q-1;;;;+2/p-1. The van der Waals surface area contributed by atoms with Crippen molar-refractivity contribution in [3.63, 3.8) is 0 Å². The Morgan fingerprint density at radius 1 is 0.526 bits per heavy atom. The molecule has 0 aromatic heterocycles. The first kappa shape index (κ1) is 34.7. The largest absolute Gasteiger partial charge is 2.00 e. The second-order valence-electron chi connectivity index (χ2n) is 7.41. The van der Waals surface area contributed by atoms with Crippen molar-refractivity contribution in [1.29, 1.82) is 0 Å². The zero-order valence-electron chi connectivity index (χ0n) is 20.6. The van der Waals surface area contributed by atoms with Gasteiger partial charge < -0.3 is 4.55 Å². The first-order valence-electron chi connectivity index (χ1n) is 11.1. The molecular formula is C29H28BF3O3RhS. The van der Waals surface area contributed by atoms with Gasteiger partial charge in [-0.05, 0) is 0 Å². The van der Waals surface area contributed by atoms with Crippen molar-refractivity contribution in [2.24, 2.45) is 0 Å². The maximum absolute atomic E-state index is 10.7. The molecule has 0 aliphatic rings. The Morgan fingerprint density at radius 3 is 0.816 bits per heavy atom. The van der Waals surface area contributed by atoms with Gasteiger partial charge >= 0.3 is 25.0 Å². The molecule has 0 spiro atoms. The van der Waals surface area contributed by atoms with Crippen molar-refractivity contribution in [3.05, 3.63) is 148 Å². The van der Waals surface area contributed by atoms with Gasteiger partial charge in [0.15, 0.2) is 10.1 Å². The molecule has 4 aromatic rings. The Kier molecular flexibility index (Phi) is 15.1. The van der Waals surface area contributed by atoms with E-state index in [0.29, 0.717) is 0 Å². The van der Waals surface area contributed by atoms with Crippen LogP contribution < -0.4 is 21.9 Å². The third-order valence-electron chi connectivity index (χ3n) is 5.48. The van der Waals surface area contributed by atoms with Gasteiger partial charge in [-0.25, -0.2) is 8.42 Å². The minimum Gasteiger partial charge on any atom is -0.741 e. The monoisotopic (exact) mass is 627 g/mol. The number of halogens is 3. The summed E-state index contributed by atoms with van der Waals surface area (Å²) in [6.07, 6.45) is -1.22. The SMILES string of the molecule is C=C.C=C.O=S(=O)([O-])C(F)(F)F.[Rh+2].c1ccc([B-](c2ccccc2)(c2ccccc2)c2ccccc2)cc1. The van der Waals surface area contributed by atoms with Crippen molar-refractivity contribution in [2.45, 2.75) is 5.51 Å². The maximum atomic E-state index is 10.7. The normalized spacial score (nSPS) is 10.5. The average molecular weight is 627 g/mol. The quantitative estimate of drug-likeness (QED) is 0.143. The Labute approximate surface area is 236 Å². The maximum Gasteiger partial charge on any atom is 2.00 e. The fourth-order valence-electron chi connectivity index (χ4n) is 4.12. The number of alkyl halides is 3. The molecule has 1 radical (unpaired) electrons. The Hall–Kier alpha value is -3.25. The Morgan fingerprint density at radius 2 is 0.684 bits per heavy atom. The molecule has 0 aliphatic carbocycles. The Bertz CT molecular complexity index is 1130. The minimum atomic E-state index is -6.09. The summed E-state index contributed by atoms with van der Waals surface area (Å²) in [6.45, 7) is 12.0. The van der Waals surface area contributed by atoms with Gasteiger partial charge in [0.2, 0.25) is 0 Å². The molecule has 0 N–H and O–H groups in total. The Balaban J connectivity index is 0.000000904. The van der Waals surface area contributed by atoms with Crippen molar-refractivity contribution in [3.8, 4) is 0 Å². The van der Waals surface area contributed by atoms with Crippen molar-refractivity contribution < 1.29 is 45.6 Å². The van der Waals surface area contributed by atoms with E-state index in [1.54, 1.807) is 0 Å². The summed E-state index contributed by atoms with van der Waals surface area (Å²) in [5, 5.41) is 0. The molecule has 0 amide bonds. The van der Waals surface area contributed by atoms with E-state index in [2.05, 4.69) is 148 Å². The van der Waals surface area contributed by atoms with Gasteiger partial charge in [0.1, 0.15) is 6.15 Å². The summed E-state index contributed by atoms with van der Waals surface area (Å²) in [7, 11) is -6.09. The van der Waals surface area contributed by atoms with Gasteiger partial charge in [-0.2, -0.15) is 35.0 Å². The summed E-state index contributed by atoms with van der Waals surface area (Å²) in [5.41, 5.74) is -0.290. The van der Waals surface area contributed by atoms with Gasteiger partial charge in [-0.15, -0.1) is 26.3 Å². The van der Waals surface area contributed by atoms with Crippen LogP contribution in [0.15, 0.2) is 148 Å². The molecular weight excluding hydrogens is 599 g/mol. The zero-order chi connectivity index (χ0) is 28.0. The van der Waals surface area contributed by atoms with Crippen molar-refractivity contribution in [1.82, 2.24) is 0 Å². The average Bonchev–Trinajstić information content (AvgIpc) is 2.93. The van der Waals surface area contributed by atoms with Gasteiger partial charge in [-0.3, -0.25) is 0 Å². The molecule has 0 unspecified atom stereocenters. The van der Waals surface area contributed by atoms with E-state index in [1.807, 2.05) is 0 Å². The van der Waals surface area contributed by atoms with E-state index >= 15 is 0 Å². The summed E-state index contributed by atoms with van der Waals surface area (Å²) < 4.78 is 58.9. The fraction of sp³-hybridized carbons (Fsp3) is 0.0345. The number of rotatable bonds is 4. The van der Waals surface area contributed by atoms with Crippen molar-refractivity contribution in [2.75, 3.05) is 0 Å². The van der Waals surface area contributed by atoms with Crippen LogP contribution in [-0.4, -0.2) is 24.6 Å². The van der Waals surface area contributed by atoms with Gasteiger partial charge in [0, 0.05) is 0 Å². The van der Waals surface area contributed by atoms with E-state index < -0.39 is 21.8 Å². The molecule has 9 heteroatoms. The zero-order valence-corrected chi connectivity index (χ0v) is 23.0. The smallest absolute Gasteiger partial charge is 0.741 e. The van der Waals surface area contributed by atoms with Crippen LogP contribution in [0.5, 0.6) is 0 Å². The van der Waals surface area contributed by atoms with Crippen LogP contribution >= 0.6 is 0 Å². The van der Waals surface area contributed by atoms with E-state index in [4.69, 9.17) is 13.0 Å². The summed E-state index contributed by atoms with van der Waals surface area (Å²) in [4.78, 5) is 0. The molecule has 0 bridgehead atoms. The second-order valence-corrected chi connectivity index (χ2v) is 8.78. The molecule has 4 rings (SSSR count). The third kappa shape index (κ3) is 8.66. The topological polar surface area (TPSA) is 57.2 Å². The summed E-state index contributed by atoms with van der Waals surface area (Å²) >= 11 is 0. The van der Waals surface area contributed by atoms with Crippen LogP contribution in [0.25, 0.3) is 0 Å².